The summed E-state index contributed by atoms with van der Waals surface area (Å²) in [6.07, 6.45) is 2.15. The first-order chi connectivity index (χ1) is 7.25. The Bertz CT molecular complexity index is 335. The van der Waals surface area contributed by atoms with Crippen LogP contribution in [0.25, 0.3) is 0 Å². The number of phenols is 2. The molecule has 0 amide bonds. The maximum absolute atomic E-state index is 9.29. The SMILES string of the molecule is Oc1ccc(OC2CCNCC2)cc1O. The minimum absolute atomic E-state index is 0.118. The molecule has 4 nitrogen and oxygen atoms in total. The Morgan fingerprint density at radius 3 is 2.53 bits per heavy atom. The fourth-order valence-corrected chi connectivity index (χ4v) is 1.68. The Labute approximate surface area is 88.5 Å². The van der Waals surface area contributed by atoms with Crippen molar-refractivity contribution < 1.29 is 14.9 Å². The van der Waals surface area contributed by atoms with Gasteiger partial charge >= 0.3 is 0 Å². The average Bonchev–Trinajstić information content (AvgIpc) is 2.25. The Kier molecular flexibility index (Phi) is 2.97. The predicted octanol–water partition coefficient (Wildman–Crippen LogP) is 1.23. The van der Waals surface area contributed by atoms with Crippen molar-refractivity contribution in [3.05, 3.63) is 18.2 Å². The molecule has 15 heavy (non-hydrogen) atoms. The molecule has 0 radical (unpaired) electrons. The van der Waals surface area contributed by atoms with Crippen molar-refractivity contribution in [2.75, 3.05) is 13.1 Å². The van der Waals surface area contributed by atoms with Gasteiger partial charge in [-0.15, -0.1) is 0 Å². The predicted molar refractivity (Wildman–Crippen MR) is 56.3 cm³/mol. The second-order valence-electron chi connectivity index (χ2n) is 3.72. The number of phenolic OH excluding ortho intramolecular Hbond substituents is 2. The Balaban J connectivity index is 2.00. The van der Waals surface area contributed by atoms with E-state index in [2.05, 4.69) is 5.32 Å². The van der Waals surface area contributed by atoms with Gasteiger partial charge in [-0.2, -0.15) is 0 Å². The van der Waals surface area contributed by atoms with Crippen molar-refractivity contribution in [1.29, 1.82) is 0 Å². The third kappa shape index (κ3) is 2.53. The van der Waals surface area contributed by atoms with Crippen molar-refractivity contribution in [2.24, 2.45) is 0 Å². The van der Waals surface area contributed by atoms with Gasteiger partial charge in [-0.3, -0.25) is 0 Å². The van der Waals surface area contributed by atoms with E-state index in [4.69, 9.17) is 9.84 Å². The normalized spacial score (nSPS) is 17.6. The van der Waals surface area contributed by atoms with Gasteiger partial charge in [0.2, 0.25) is 0 Å². The Morgan fingerprint density at radius 2 is 1.87 bits per heavy atom. The highest BCUT2D eigenvalue weighted by atomic mass is 16.5. The summed E-state index contributed by atoms with van der Waals surface area (Å²) >= 11 is 0. The highest BCUT2D eigenvalue weighted by Gasteiger charge is 2.14. The second-order valence-corrected chi connectivity index (χ2v) is 3.72. The van der Waals surface area contributed by atoms with E-state index in [9.17, 15) is 5.11 Å². The summed E-state index contributed by atoms with van der Waals surface area (Å²) in [6.45, 7) is 1.93. The minimum atomic E-state index is -0.138. The smallest absolute Gasteiger partial charge is 0.161 e. The molecule has 2 rings (SSSR count). The van der Waals surface area contributed by atoms with Crippen LogP contribution in [0.2, 0.25) is 0 Å². The topological polar surface area (TPSA) is 61.7 Å². The molecule has 0 saturated carbocycles. The second kappa shape index (κ2) is 4.40. The zero-order chi connectivity index (χ0) is 10.7. The molecule has 1 aromatic rings. The maximum Gasteiger partial charge on any atom is 0.161 e. The van der Waals surface area contributed by atoms with Crippen molar-refractivity contribution >= 4 is 0 Å². The lowest BCUT2D eigenvalue weighted by Gasteiger charge is -2.23. The Morgan fingerprint density at radius 1 is 1.13 bits per heavy atom. The number of hydrogen-bond acceptors (Lipinski definition) is 4. The van der Waals surface area contributed by atoms with E-state index in [1.54, 1.807) is 6.07 Å². The summed E-state index contributed by atoms with van der Waals surface area (Å²) in [5.41, 5.74) is 0. The summed E-state index contributed by atoms with van der Waals surface area (Å²) < 4.78 is 5.68. The third-order valence-corrected chi connectivity index (χ3v) is 2.54. The number of piperidine rings is 1. The lowest BCUT2D eigenvalue weighted by molar-refractivity contribution is 0.162. The zero-order valence-corrected chi connectivity index (χ0v) is 8.44. The van der Waals surface area contributed by atoms with Crippen LogP contribution in [-0.4, -0.2) is 29.4 Å². The van der Waals surface area contributed by atoms with E-state index in [0.717, 1.165) is 25.9 Å². The monoisotopic (exact) mass is 209 g/mol. The van der Waals surface area contributed by atoms with Crippen LogP contribution >= 0.6 is 0 Å². The Hall–Kier alpha value is -1.42. The minimum Gasteiger partial charge on any atom is -0.504 e. The number of ether oxygens (including phenoxy) is 1. The summed E-state index contributed by atoms with van der Waals surface area (Å²) in [7, 11) is 0. The van der Waals surface area contributed by atoms with Gasteiger partial charge in [0.15, 0.2) is 11.5 Å². The molecular formula is C11H15NO3. The lowest BCUT2D eigenvalue weighted by atomic mass is 10.1. The molecule has 1 fully saturated rings. The van der Waals surface area contributed by atoms with E-state index < -0.39 is 0 Å². The van der Waals surface area contributed by atoms with Crippen LogP contribution in [0.5, 0.6) is 17.2 Å². The number of nitrogens with one attached hydrogen (secondary N) is 1. The van der Waals surface area contributed by atoms with Gasteiger partial charge < -0.3 is 20.3 Å². The third-order valence-electron chi connectivity index (χ3n) is 2.54. The number of aromatic hydroxyl groups is 2. The number of hydrogen-bond donors (Lipinski definition) is 3. The largest absolute Gasteiger partial charge is 0.504 e. The first-order valence-corrected chi connectivity index (χ1v) is 5.15. The summed E-state index contributed by atoms with van der Waals surface area (Å²) in [5.74, 6) is 0.353. The molecule has 4 heteroatoms. The van der Waals surface area contributed by atoms with Crippen molar-refractivity contribution in [3.8, 4) is 17.2 Å². The average molecular weight is 209 g/mol. The van der Waals surface area contributed by atoms with E-state index in [0.29, 0.717) is 5.75 Å². The molecule has 1 aliphatic rings. The van der Waals surface area contributed by atoms with Crippen LogP contribution < -0.4 is 10.1 Å². The van der Waals surface area contributed by atoms with Gasteiger partial charge in [-0.05, 0) is 38.1 Å². The molecule has 1 aromatic carbocycles. The quantitative estimate of drug-likeness (QED) is 0.641. The van der Waals surface area contributed by atoms with E-state index >= 15 is 0 Å². The summed E-state index contributed by atoms with van der Waals surface area (Å²) in [6, 6.07) is 4.54. The highest BCUT2D eigenvalue weighted by Crippen LogP contribution is 2.29. The molecule has 0 unspecified atom stereocenters. The van der Waals surface area contributed by atoms with Crippen LogP contribution in [0.3, 0.4) is 0 Å². The van der Waals surface area contributed by atoms with Gasteiger partial charge in [0.25, 0.3) is 0 Å². The number of benzene rings is 1. The zero-order valence-electron chi connectivity index (χ0n) is 8.44. The van der Waals surface area contributed by atoms with Crippen LogP contribution in [0, 0.1) is 0 Å². The molecule has 1 aliphatic heterocycles. The van der Waals surface area contributed by atoms with Crippen LogP contribution in [-0.2, 0) is 0 Å². The van der Waals surface area contributed by atoms with Gasteiger partial charge in [0.05, 0.1) is 0 Å². The van der Waals surface area contributed by atoms with Crippen molar-refractivity contribution in [3.63, 3.8) is 0 Å². The van der Waals surface area contributed by atoms with E-state index in [-0.39, 0.29) is 17.6 Å². The molecule has 82 valence electrons. The molecule has 0 bridgehead atoms. The summed E-state index contributed by atoms with van der Waals surface area (Å²) in [5, 5.41) is 21.7. The standard InChI is InChI=1S/C11H15NO3/c13-10-2-1-9(7-11(10)14)15-8-3-5-12-6-4-8/h1-2,7-8,12-14H,3-6H2. The molecule has 1 heterocycles. The number of rotatable bonds is 2. The van der Waals surface area contributed by atoms with Crippen LogP contribution in [0.1, 0.15) is 12.8 Å². The molecular weight excluding hydrogens is 194 g/mol. The van der Waals surface area contributed by atoms with Crippen LogP contribution in [0.15, 0.2) is 18.2 Å². The van der Waals surface area contributed by atoms with Gasteiger partial charge in [-0.1, -0.05) is 0 Å². The van der Waals surface area contributed by atoms with Gasteiger partial charge in [0, 0.05) is 6.07 Å². The first kappa shape index (κ1) is 10.1. The van der Waals surface area contributed by atoms with E-state index in [1.807, 2.05) is 0 Å². The van der Waals surface area contributed by atoms with Gasteiger partial charge in [-0.25, -0.2) is 0 Å². The molecule has 0 spiro atoms. The maximum atomic E-state index is 9.29. The fourth-order valence-electron chi connectivity index (χ4n) is 1.68. The lowest BCUT2D eigenvalue weighted by Crippen LogP contribution is -2.34. The van der Waals surface area contributed by atoms with E-state index in [1.165, 1.54) is 12.1 Å². The summed E-state index contributed by atoms with van der Waals surface area (Å²) in [4.78, 5) is 0. The van der Waals surface area contributed by atoms with Crippen molar-refractivity contribution in [2.45, 2.75) is 18.9 Å². The molecule has 3 N–H and O–H groups in total. The molecule has 1 saturated heterocycles. The molecule has 0 aliphatic carbocycles. The van der Waals surface area contributed by atoms with Crippen LogP contribution in [0.4, 0.5) is 0 Å². The fraction of sp³-hybridized carbons (Fsp3) is 0.455. The molecule has 0 aromatic heterocycles. The molecule has 0 atom stereocenters. The first-order valence-electron chi connectivity index (χ1n) is 5.15. The van der Waals surface area contributed by atoms with Crippen molar-refractivity contribution in [1.82, 2.24) is 5.32 Å². The highest BCUT2D eigenvalue weighted by molar-refractivity contribution is 5.43. The van der Waals surface area contributed by atoms with Gasteiger partial charge in [0.1, 0.15) is 11.9 Å².